The van der Waals surface area contributed by atoms with Gasteiger partial charge in [-0.25, -0.2) is 0 Å². The van der Waals surface area contributed by atoms with E-state index in [1.54, 1.807) is 27.7 Å². The summed E-state index contributed by atoms with van der Waals surface area (Å²) in [7, 11) is -4.55. The highest BCUT2D eigenvalue weighted by Gasteiger charge is 2.47. The average molecular weight is 443 g/mol. The first kappa shape index (κ1) is 31.8. The molecule has 0 aromatic rings. The molecule has 0 spiro atoms. The van der Waals surface area contributed by atoms with Gasteiger partial charge in [0.2, 0.25) is 0 Å². The fraction of sp³-hybridized carbons (Fsp3) is 0.765. The Morgan fingerprint density at radius 2 is 1.21 bits per heavy atom. The summed E-state index contributed by atoms with van der Waals surface area (Å²) in [4.78, 5) is 54.1. The highest BCUT2D eigenvalue weighted by Crippen LogP contribution is 2.20. The van der Waals surface area contributed by atoms with E-state index in [0.717, 1.165) is 5.06 Å². The third kappa shape index (κ3) is 8.98. The third-order valence-electron chi connectivity index (χ3n) is 3.06. The minimum absolute atomic E-state index is 0. The van der Waals surface area contributed by atoms with Gasteiger partial charge < -0.3 is 0 Å². The van der Waals surface area contributed by atoms with Crippen LogP contribution in [-0.2, 0) is 39.0 Å². The molecule has 0 radical (unpaired) electrons. The lowest BCUT2D eigenvalue weighted by Crippen LogP contribution is -2.36. The van der Waals surface area contributed by atoms with Gasteiger partial charge in [-0.3, -0.25) is 33.4 Å². The molecular weight excluding hydrogens is 408 g/mol. The van der Waals surface area contributed by atoms with Crippen LogP contribution in [0.3, 0.4) is 0 Å². The maximum absolute atomic E-state index is 11.3. The molecular formula is C17H34N2O9S. The summed E-state index contributed by atoms with van der Waals surface area (Å²) in [6.45, 7) is 6.72. The van der Waals surface area contributed by atoms with Crippen LogP contribution in [0.15, 0.2) is 0 Å². The molecule has 2 heterocycles. The zero-order valence-corrected chi connectivity index (χ0v) is 15.7. The summed E-state index contributed by atoms with van der Waals surface area (Å²) in [5.74, 6) is -2.28. The molecule has 0 saturated carbocycles. The van der Waals surface area contributed by atoms with Gasteiger partial charge in [0.15, 0.2) is 5.25 Å². The molecule has 2 fully saturated rings. The van der Waals surface area contributed by atoms with Crippen LogP contribution in [-0.4, -0.2) is 64.2 Å². The zero-order valence-electron chi connectivity index (χ0n) is 14.9. The van der Waals surface area contributed by atoms with Crippen molar-refractivity contribution in [3.8, 4) is 0 Å². The molecule has 12 heteroatoms. The Bertz CT molecular complexity index is 673. The predicted octanol–water partition coefficient (Wildman–Crippen LogP) is 1.73. The van der Waals surface area contributed by atoms with Gasteiger partial charge in [0.05, 0.1) is 18.6 Å². The third-order valence-corrected chi connectivity index (χ3v) is 4.15. The second kappa shape index (κ2) is 12.6. The van der Waals surface area contributed by atoms with Gasteiger partial charge in [-0.05, 0) is 27.7 Å². The summed E-state index contributed by atoms with van der Waals surface area (Å²) in [6, 6.07) is 0. The quantitative estimate of drug-likeness (QED) is 0.496. The molecule has 0 aromatic heterocycles. The Morgan fingerprint density at radius 1 is 0.828 bits per heavy atom. The average Bonchev–Trinajstić information content (AvgIpc) is 2.94. The number of amides is 4. The summed E-state index contributed by atoms with van der Waals surface area (Å²) in [5, 5.41) is -0.475. The van der Waals surface area contributed by atoms with E-state index >= 15 is 0 Å². The van der Waals surface area contributed by atoms with Gasteiger partial charge in [-0.2, -0.15) is 18.5 Å². The van der Waals surface area contributed by atoms with E-state index in [-0.39, 0.29) is 53.0 Å². The second-order valence-corrected chi connectivity index (χ2v) is 7.72. The van der Waals surface area contributed by atoms with Crippen LogP contribution in [0.25, 0.3) is 0 Å². The number of rotatable bonds is 5. The Hall–Kier alpha value is -1.89. The van der Waals surface area contributed by atoms with Crippen molar-refractivity contribution >= 4 is 33.7 Å². The number of carbonyl (C=O) groups excluding carboxylic acids is 4. The largest absolute Gasteiger partial charge is 0.285 e. The molecule has 172 valence electrons. The molecule has 4 amide bonds. The normalized spacial score (nSPS) is 18.9. The highest BCUT2D eigenvalue weighted by atomic mass is 32.2. The molecule has 29 heavy (non-hydrogen) atoms. The summed E-state index contributed by atoms with van der Waals surface area (Å²) in [6.07, 6.45) is -0.569. The molecule has 2 saturated heterocycles. The van der Waals surface area contributed by atoms with Gasteiger partial charge in [-0.1, -0.05) is 22.3 Å². The van der Waals surface area contributed by atoms with Crippen molar-refractivity contribution in [2.24, 2.45) is 0 Å². The summed E-state index contributed by atoms with van der Waals surface area (Å²) >= 11 is 0. The van der Waals surface area contributed by atoms with E-state index in [2.05, 4.69) is 0 Å². The lowest BCUT2D eigenvalue weighted by molar-refractivity contribution is -0.198. The van der Waals surface area contributed by atoms with Crippen molar-refractivity contribution in [3.63, 3.8) is 0 Å². The maximum atomic E-state index is 11.3. The van der Waals surface area contributed by atoms with Crippen molar-refractivity contribution in [1.29, 1.82) is 0 Å². The number of carbonyl (C=O) groups is 4. The lowest BCUT2D eigenvalue weighted by Gasteiger charge is -2.16. The minimum Gasteiger partial charge on any atom is -0.285 e. The van der Waals surface area contributed by atoms with Crippen LogP contribution in [0.5, 0.6) is 0 Å². The van der Waals surface area contributed by atoms with Crippen molar-refractivity contribution in [3.05, 3.63) is 0 Å². The first-order valence-electron chi connectivity index (χ1n) is 7.87. The van der Waals surface area contributed by atoms with Gasteiger partial charge in [0.1, 0.15) is 0 Å². The number of hydroxylamine groups is 4. The molecule has 1 atom stereocenters. The smallest absolute Gasteiger partial charge is 0.277 e. The molecule has 0 bridgehead atoms. The first-order chi connectivity index (χ1) is 11.8. The Morgan fingerprint density at radius 3 is 1.52 bits per heavy atom. The standard InChI is InChI=1S/C7H11NO6S.C7H11NO3.3CH4/c1-4(2)14-8-6(9)3-5(7(8)10)15(11,12)13;1-5(2)11-8-6(9)3-4-7(8)10;;;/h4-5H,3H2,1-2H3,(H,11,12,13);5H,3-4H2,1-2H3;3*1H4. The zero-order chi connectivity index (χ0) is 20.2. The van der Waals surface area contributed by atoms with E-state index < -0.39 is 39.7 Å². The lowest BCUT2D eigenvalue weighted by atomic mass is 10.4. The molecule has 1 unspecified atom stereocenters. The number of hydrogen-bond donors (Lipinski definition) is 1. The van der Waals surface area contributed by atoms with Crippen LogP contribution in [0, 0.1) is 0 Å². The van der Waals surface area contributed by atoms with Crippen molar-refractivity contribution in [1.82, 2.24) is 10.1 Å². The van der Waals surface area contributed by atoms with Crippen LogP contribution >= 0.6 is 0 Å². The molecule has 1 N–H and O–H groups in total. The Kier molecular flexibility index (Phi) is 13.8. The molecule has 0 aromatic carbocycles. The van der Waals surface area contributed by atoms with Crippen LogP contribution in [0.1, 0.15) is 69.2 Å². The van der Waals surface area contributed by atoms with E-state index in [1.165, 1.54) is 0 Å². The summed E-state index contributed by atoms with van der Waals surface area (Å²) < 4.78 is 30.1. The van der Waals surface area contributed by atoms with Gasteiger partial charge in [0, 0.05) is 12.8 Å². The van der Waals surface area contributed by atoms with Crippen molar-refractivity contribution in [2.75, 3.05) is 0 Å². The molecule has 2 aliphatic rings. The second-order valence-electron chi connectivity index (χ2n) is 6.12. The van der Waals surface area contributed by atoms with Gasteiger partial charge in [0.25, 0.3) is 33.7 Å². The SMILES string of the molecule is C.C.C.CC(C)ON1C(=O)CC(S(=O)(=O)O)C1=O.CC(C)ON1C(=O)CCC1=O. The summed E-state index contributed by atoms with van der Waals surface area (Å²) in [5.41, 5.74) is 0. The van der Waals surface area contributed by atoms with Gasteiger partial charge in [-0.15, -0.1) is 0 Å². The molecule has 0 aliphatic carbocycles. The van der Waals surface area contributed by atoms with Crippen LogP contribution in [0.2, 0.25) is 0 Å². The van der Waals surface area contributed by atoms with E-state index in [9.17, 15) is 27.6 Å². The van der Waals surface area contributed by atoms with Crippen molar-refractivity contribution in [2.45, 2.75) is 86.7 Å². The van der Waals surface area contributed by atoms with Crippen LogP contribution < -0.4 is 0 Å². The van der Waals surface area contributed by atoms with Gasteiger partial charge >= 0.3 is 0 Å². The topological polar surface area (TPSA) is 148 Å². The highest BCUT2D eigenvalue weighted by molar-refractivity contribution is 7.87. The molecule has 2 aliphatic heterocycles. The van der Waals surface area contributed by atoms with E-state index in [1.807, 2.05) is 0 Å². The Balaban J connectivity index is -0.000000437. The van der Waals surface area contributed by atoms with Crippen molar-refractivity contribution < 1.29 is 41.8 Å². The number of nitrogens with zero attached hydrogens (tertiary/aromatic N) is 2. The monoisotopic (exact) mass is 442 g/mol. The fourth-order valence-corrected chi connectivity index (χ4v) is 2.72. The van der Waals surface area contributed by atoms with E-state index in [4.69, 9.17) is 14.2 Å². The number of imide groups is 2. The van der Waals surface area contributed by atoms with Crippen LogP contribution in [0.4, 0.5) is 0 Å². The maximum Gasteiger partial charge on any atom is 0.277 e. The molecule has 2 rings (SSSR count). The first-order valence-corrected chi connectivity index (χ1v) is 9.37. The number of hydrogen-bond acceptors (Lipinski definition) is 8. The fourth-order valence-electron chi connectivity index (χ4n) is 2.02. The predicted molar refractivity (Wildman–Crippen MR) is 106 cm³/mol. The minimum atomic E-state index is -4.55. The Labute approximate surface area is 173 Å². The van der Waals surface area contributed by atoms with E-state index in [0.29, 0.717) is 5.06 Å². The molecule has 11 nitrogen and oxygen atoms in total.